The average molecular weight is 409 g/mol. The summed E-state index contributed by atoms with van der Waals surface area (Å²) in [4.78, 5) is 23.3. The van der Waals surface area contributed by atoms with E-state index in [4.69, 9.17) is 35.4 Å². The zero-order valence-electron chi connectivity index (χ0n) is 13.6. The summed E-state index contributed by atoms with van der Waals surface area (Å²) in [5.41, 5.74) is 1.69. The van der Waals surface area contributed by atoms with Crippen LogP contribution in [0.4, 0.5) is 5.69 Å². The molecule has 2 rings (SSSR count). The van der Waals surface area contributed by atoms with Crippen molar-refractivity contribution in [1.29, 1.82) is 0 Å². The van der Waals surface area contributed by atoms with Crippen molar-refractivity contribution in [3.8, 4) is 0 Å². The lowest BCUT2D eigenvalue weighted by atomic mass is 10.2. The number of hydrogen-bond donors (Lipinski definition) is 2. The second-order valence-corrected chi connectivity index (χ2v) is 6.26. The topological polar surface area (TPSA) is 67.4 Å². The van der Waals surface area contributed by atoms with Crippen molar-refractivity contribution in [3.63, 3.8) is 0 Å². The second kappa shape index (κ2) is 9.33. The molecule has 26 heavy (non-hydrogen) atoms. The maximum absolute atomic E-state index is 11.9. The maximum atomic E-state index is 11.9. The van der Waals surface area contributed by atoms with Gasteiger partial charge in [0.25, 0.3) is 0 Å². The third kappa shape index (κ3) is 5.84. The predicted molar refractivity (Wildman–Crippen MR) is 108 cm³/mol. The lowest BCUT2D eigenvalue weighted by Crippen LogP contribution is -2.32. The van der Waals surface area contributed by atoms with Crippen LogP contribution < -0.4 is 10.6 Å². The molecule has 0 aliphatic rings. The van der Waals surface area contributed by atoms with Gasteiger partial charge < -0.3 is 10.1 Å². The third-order valence-corrected chi connectivity index (χ3v) is 3.94. The van der Waals surface area contributed by atoms with Crippen LogP contribution in [0.2, 0.25) is 10.0 Å². The molecule has 2 aromatic carbocycles. The zero-order valence-corrected chi connectivity index (χ0v) is 15.9. The predicted octanol–water partition coefficient (Wildman–Crippen LogP) is 4.31. The number of hydrogen-bond acceptors (Lipinski definition) is 4. The molecular weight excluding hydrogens is 395 g/mol. The minimum atomic E-state index is -0.432. The number of benzene rings is 2. The van der Waals surface area contributed by atoms with Gasteiger partial charge in [0.2, 0.25) is 5.91 Å². The Morgan fingerprint density at radius 2 is 1.81 bits per heavy atom. The van der Waals surface area contributed by atoms with Crippen molar-refractivity contribution >= 4 is 64.2 Å². The SMILES string of the molecule is COC(=O)c1ccc(NC(=S)NC(=O)C=Cc2ccc(Cl)cc2Cl)cc1. The van der Waals surface area contributed by atoms with Gasteiger partial charge in [-0.2, -0.15) is 0 Å². The number of halogens is 2. The Kier molecular flexibility index (Phi) is 7.15. The Morgan fingerprint density at radius 3 is 2.42 bits per heavy atom. The number of ether oxygens (including phenoxy) is 1. The number of anilines is 1. The van der Waals surface area contributed by atoms with Crippen molar-refractivity contribution in [1.82, 2.24) is 5.32 Å². The molecule has 8 heteroatoms. The fourth-order valence-corrected chi connectivity index (χ4v) is 2.62. The highest BCUT2D eigenvalue weighted by molar-refractivity contribution is 7.80. The number of rotatable bonds is 4. The molecule has 0 radical (unpaired) electrons. The summed E-state index contributed by atoms with van der Waals surface area (Å²) < 4.78 is 4.62. The first kappa shape index (κ1) is 19.9. The summed E-state index contributed by atoms with van der Waals surface area (Å²) >= 11 is 16.9. The molecule has 5 nitrogen and oxygen atoms in total. The Balaban J connectivity index is 1.91. The van der Waals surface area contributed by atoms with Crippen molar-refractivity contribution < 1.29 is 14.3 Å². The summed E-state index contributed by atoms with van der Waals surface area (Å²) in [5, 5.41) is 6.43. The van der Waals surface area contributed by atoms with Gasteiger partial charge in [-0.1, -0.05) is 29.3 Å². The van der Waals surface area contributed by atoms with E-state index in [0.717, 1.165) is 0 Å². The Labute approximate surface area is 165 Å². The largest absolute Gasteiger partial charge is 0.465 e. The van der Waals surface area contributed by atoms with E-state index in [1.165, 1.54) is 13.2 Å². The van der Waals surface area contributed by atoms with E-state index >= 15 is 0 Å². The van der Waals surface area contributed by atoms with Gasteiger partial charge >= 0.3 is 5.97 Å². The van der Waals surface area contributed by atoms with Crippen molar-refractivity contribution in [2.24, 2.45) is 0 Å². The fourth-order valence-electron chi connectivity index (χ4n) is 1.93. The third-order valence-electron chi connectivity index (χ3n) is 3.18. The maximum Gasteiger partial charge on any atom is 0.337 e. The normalized spacial score (nSPS) is 10.4. The number of carbonyl (C=O) groups excluding carboxylic acids is 2. The summed E-state index contributed by atoms with van der Waals surface area (Å²) in [7, 11) is 1.31. The first-order valence-electron chi connectivity index (χ1n) is 7.32. The Morgan fingerprint density at radius 1 is 1.12 bits per heavy atom. The van der Waals surface area contributed by atoms with Crippen LogP contribution in [0.1, 0.15) is 15.9 Å². The van der Waals surface area contributed by atoms with E-state index in [1.54, 1.807) is 48.5 Å². The number of methoxy groups -OCH3 is 1. The molecule has 0 bridgehead atoms. The monoisotopic (exact) mass is 408 g/mol. The van der Waals surface area contributed by atoms with E-state index in [1.807, 2.05) is 0 Å². The van der Waals surface area contributed by atoms with Gasteiger partial charge in [0.15, 0.2) is 5.11 Å². The van der Waals surface area contributed by atoms with Gasteiger partial charge in [-0.05, 0) is 60.3 Å². The number of carbonyl (C=O) groups is 2. The second-order valence-electron chi connectivity index (χ2n) is 5.01. The van der Waals surface area contributed by atoms with E-state index in [0.29, 0.717) is 26.9 Å². The van der Waals surface area contributed by atoms with Gasteiger partial charge in [-0.15, -0.1) is 0 Å². The quantitative estimate of drug-likeness (QED) is 0.448. The lowest BCUT2D eigenvalue weighted by molar-refractivity contribution is -0.115. The highest BCUT2D eigenvalue weighted by Gasteiger charge is 2.06. The Bertz CT molecular complexity index is 867. The molecule has 0 saturated heterocycles. The van der Waals surface area contributed by atoms with Crippen molar-refractivity contribution in [2.75, 3.05) is 12.4 Å². The van der Waals surface area contributed by atoms with Gasteiger partial charge in [0, 0.05) is 21.8 Å². The fraction of sp³-hybridized carbons (Fsp3) is 0.0556. The highest BCUT2D eigenvalue weighted by atomic mass is 35.5. The number of esters is 1. The summed E-state index contributed by atoms with van der Waals surface area (Å²) in [6, 6.07) is 11.4. The molecular formula is C18H14Cl2N2O3S. The minimum Gasteiger partial charge on any atom is -0.465 e. The molecule has 0 aromatic heterocycles. The van der Waals surface area contributed by atoms with E-state index in [9.17, 15) is 9.59 Å². The average Bonchev–Trinajstić information content (AvgIpc) is 2.60. The van der Waals surface area contributed by atoms with Gasteiger partial charge in [-0.25, -0.2) is 4.79 Å². The van der Waals surface area contributed by atoms with Crippen molar-refractivity contribution in [2.45, 2.75) is 0 Å². The van der Waals surface area contributed by atoms with E-state index < -0.39 is 11.9 Å². The summed E-state index contributed by atoms with van der Waals surface area (Å²) in [6.45, 7) is 0. The smallest absolute Gasteiger partial charge is 0.337 e. The summed E-state index contributed by atoms with van der Waals surface area (Å²) in [6.07, 6.45) is 2.87. The van der Waals surface area contributed by atoms with Crippen LogP contribution in [0.3, 0.4) is 0 Å². The van der Waals surface area contributed by atoms with Crippen LogP contribution in [-0.4, -0.2) is 24.1 Å². The minimum absolute atomic E-state index is 0.118. The molecule has 134 valence electrons. The number of thiocarbonyl (C=S) groups is 1. The zero-order chi connectivity index (χ0) is 19.1. The molecule has 0 aliphatic heterocycles. The molecule has 2 aromatic rings. The molecule has 0 saturated carbocycles. The van der Waals surface area contributed by atoms with Gasteiger partial charge in [0.1, 0.15) is 0 Å². The van der Waals surface area contributed by atoms with Crippen LogP contribution in [0, 0.1) is 0 Å². The van der Waals surface area contributed by atoms with Crippen molar-refractivity contribution in [3.05, 3.63) is 69.7 Å². The van der Waals surface area contributed by atoms with Crippen LogP contribution >= 0.6 is 35.4 Å². The molecule has 0 fully saturated rings. The number of nitrogens with one attached hydrogen (secondary N) is 2. The van der Waals surface area contributed by atoms with Gasteiger partial charge in [0.05, 0.1) is 12.7 Å². The molecule has 2 N–H and O–H groups in total. The lowest BCUT2D eigenvalue weighted by Gasteiger charge is -2.08. The van der Waals surface area contributed by atoms with Crippen LogP contribution in [-0.2, 0) is 9.53 Å². The first-order valence-corrected chi connectivity index (χ1v) is 8.49. The first-order chi connectivity index (χ1) is 12.4. The van der Waals surface area contributed by atoms with E-state index in [-0.39, 0.29) is 5.11 Å². The Hall–Kier alpha value is -2.41. The molecule has 0 aliphatic carbocycles. The van der Waals surface area contributed by atoms with Gasteiger partial charge in [-0.3, -0.25) is 10.1 Å². The molecule has 1 amide bonds. The standard InChI is InChI=1S/C18H14Cl2N2O3S/c1-25-17(24)12-3-7-14(8-4-12)21-18(26)22-16(23)9-5-11-2-6-13(19)10-15(11)20/h2-10H,1H3,(H2,21,22,23,26). The van der Waals surface area contributed by atoms with Crippen LogP contribution in [0.5, 0.6) is 0 Å². The van der Waals surface area contributed by atoms with Crippen LogP contribution in [0.25, 0.3) is 6.08 Å². The molecule has 0 atom stereocenters. The van der Waals surface area contributed by atoms with E-state index in [2.05, 4.69) is 15.4 Å². The highest BCUT2D eigenvalue weighted by Crippen LogP contribution is 2.21. The van der Waals surface area contributed by atoms with Crippen LogP contribution in [0.15, 0.2) is 48.5 Å². The molecule has 0 unspecified atom stereocenters. The molecule has 0 heterocycles. The summed E-state index contributed by atoms with van der Waals surface area (Å²) in [5.74, 6) is -0.849. The molecule has 0 spiro atoms. The number of amides is 1.